The topological polar surface area (TPSA) is 32.8 Å². The van der Waals surface area contributed by atoms with E-state index in [4.69, 9.17) is 4.74 Å². The Hall–Kier alpha value is -1.60. The van der Waals surface area contributed by atoms with Gasteiger partial charge in [0.05, 0.1) is 17.7 Å². The first-order chi connectivity index (χ1) is 11.5. The molecule has 1 aromatic rings. The quantitative estimate of drug-likeness (QED) is 0.828. The van der Waals surface area contributed by atoms with Gasteiger partial charge in [-0.1, -0.05) is 12.1 Å². The van der Waals surface area contributed by atoms with Gasteiger partial charge < -0.3 is 9.64 Å². The molecule has 0 N–H and O–H groups in total. The first-order valence-electron chi connectivity index (χ1n) is 8.24. The van der Waals surface area contributed by atoms with Crippen molar-refractivity contribution < 1.29 is 22.7 Å². The Kier molecular flexibility index (Phi) is 5.10. The van der Waals surface area contributed by atoms with Crippen LogP contribution >= 0.6 is 0 Å². The van der Waals surface area contributed by atoms with Crippen molar-refractivity contribution in [2.24, 2.45) is 0 Å². The molecule has 0 aliphatic carbocycles. The molecule has 2 fully saturated rings. The Morgan fingerprint density at radius 2 is 1.92 bits per heavy atom. The monoisotopic (exact) mass is 342 g/mol. The molecule has 2 saturated heterocycles. The minimum atomic E-state index is -4.52. The number of carbonyl (C=O) groups is 1. The number of benzene rings is 1. The van der Waals surface area contributed by atoms with Crippen LogP contribution in [0.1, 0.15) is 28.8 Å². The fourth-order valence-electron chi connectivity index (χ4n) is 3.40. The molecule has 0 saturated carbocycles. The highest BCUT2D eigenvalue weighted by Crippen LogP contribution is 2.32. The van der Waals surface area contributed by atoms with Crippen LogP contribution in [0.2, 0.25) is 0 Å². The van der Waals surface area contributed by atoms with Gasteiger partial charge in [0.1, 0.15) is 0 Å². The third-order valence-corrected chi connectivity index (χ3v) is 4.70. The first kappa shape index (κ1) is 17.2. The number of amides is 1. The van der Waals surface area contributed by atoms with Crippen LogP contribution in [0.15, 0.2) is 24.3 Å². The van der Waals surface area contributed by atoms with Crippen LogP contribution in [-0.4, -0.2) is 61.1 Å². The summed E-state index contributed by atoms with van der Waals surface area (Å²) in [7, 11) is 0. The van der Waals surface area contributed by atoms with E-state index in [1.165, 1.54) is 18.2 Å². The third kappa shape index (κ3) is 3.72. The summed E-state index contributed by atoms with van der Waals surface area (Å²) in [6.45, 7) is 3.90. The molecule has 0 bridgehead atoms. The maximum Gasteiger partial charge on any atom is 0.417 e. The van der Waals surface area contributed by atoms with Crippen LogP contribution in [0.25, 0.3) is 0 Å². The molecule has 1 unspecified atom stereocenters. The second-order valence-corrected chi connectivity index (χ2v) is 6.24. The van der Waals surface area contributed by atoms with Crippen molar-refractivity contribution in [1.29, 1.82) is 0 Å². The van der Waals surface area contributed by atoms with E-state index in [-0.39, 0.29) is 5.56 Å². The van der Waals surface area contributed by atoms with Crippen LogP contribution < -0.4 is 0 Å². The van der Waals surface area contributed by atoms with Crippen molar-refractivity contribution in [2.45, 2.75) is 25.1 Å². The van der Waals surface area contributed by atoms with Gasteiger partial charge in [0.25, 0.3) is 5.91 Å². The van der Waals surface area contributed by atoms with Crippen LogP contribution in [-0.2, 0) is 10.9 Å². The zero-order valence-corrected chi connectivity index (χ0v) is 13.4. The summed E-state index contributed by atoms with van der Waals surface area (Å²) in [5, 5.41) is 0. The summed E-state index contributed by atoms with van der Waals surface area (Å²) in [6.07, 6.45) is -2.79. The maximum atomic E-state index is 13.1. The molecule has 2 heterocycles. The summed E-state index contributed by atoms with van der Waals surface area (Å²) in [4.78, 5) is 16.5. The molecule has 132 valence electrons. The smallest absolute Gasteiger partial charge is 0.380 e. The molecule has 24 heavy (non-hydrogen) atoms. The van der Waals surface area contributed by atoms with Crippen LogP contribution in [0.4, 0.5) is 13.2 Å². The Bertz CT molecular complexity index is 585. The highest BCUT2D eigenvalue weighted by Gasteiger charge is 2.36. The predicted molar refractivity (Wildman–Crippen MR) is 82.8 cm³/mol. The highest BCUT2D eigenvalue weighted by atomic mass is 19.4. The minimum Gasteiger partial charge on any atom is -0.380 e. The number of alkyl halides is 3. The molecule has 2 aliphatic rings. The molecule has 1 aromatic carbocycles. The summed E-state index contributed by atoms with van der Waals surface area (Å²) in [5.41, 5.74) is -1.12. The first-order valence-corrected chi connectivity index (χ1v) is 8.24. The number of nitrogens with zero attached hydrogens (tertiary/aromatic N) is 2. The summed E-state index contributed by atoms with van der Waals surface area (Å²) >= 11 is 0. The number of halogens is 3. The molecular weight excluding hydrogens is 321 g/mol. The lowest BCUT2D eigenvalue weighted by atomic mass is 10.1. The zero-order valence-electron chi connectivity index (χ0n) is 13.4. The number of hydrogen-bond donors (Lipinski definition) is 0. The second kappa shape index (κ2) is 7.11. The lowest BCUT2D eigenvalue weighted by Crippen LogP contribution is -2.40. The van der Waals surface area contributed by atoms with E-state index in [0.717, 1.165) is 32.1 Å². The Balaban J connectivity index is 1.72. The van der Waals surface area contributed by atoms with E-state index in [1.807, 2.05) is 0 Å². The number of ether oxygens (including phenoxy) is 1. The van der Waals surface area contributed by atoms with Gasteiger partial charge in [0, 0.05) is 38.8 Å². The molecule has 7 heteroatoms. The molecular formula is C17H21F3N2O2. The van der Waals surface area contributed by atoms with Crippen molar-refractivity contribution in [3.05, 3.63) is 35.4 Å². The van der Waals surface area contributed by atoms with Crippen molar-refractivity contribution in [3.63, 3.8) is 0 Å². The van der Waals surface area contributed by atoms with E-state index in [9.17, 15) is 18.0 Å². The van der Waals surface area contributed by atoms with Crippen molar-refractivity contribution in [3.8, 4) is 0 Å². The fraction of sp³-hybridized carbons (Fsp3) is 0.588. The number of hydrogen-bond acceptors (Lipinski definition) is 3. The zero-order chi connectivity index (χ0) is 17.2. The molecule has 0 spiro atoms. The largest absolute Gasteiger partial charge is 0.417 e. The van der Waals surface area contributed by atoms with Gasteiger partial charge in [-0.3, -0.25) is 9.69 Å². The van der Waals surface area contributed by atoms with E-state index in [2.05, 4.69) is 4.90 Å². The molecule has 1 amide bonds. The lowest BCUT2D eigenvalue weighted by Gasteiger charge is -2.26. The van der Waals surface area contributed by atoms with Gasteiger partial charge >= 0.3 is 6.18 Å². The number of carbonyl (C=O) groups excluding carboxylic acids is 1. The standard InChI is InChI=1S/C17H21F3N2O2/c18-17(19,20)15-5-2-1-4-14(15)16(23)22-8-3-7-21(9-10-22)13-6-11-24-12-13/h1-2,4-5,13H,3,6-12H2. The summed E-state index contributed by atoms with van der Waals surface area (Å²) in [5.74, 6) is -0.535. The van der Waals surface area contributed by atoms with Crippen molar-refractivity contribution in [1.82, 2.24) is 9.80 Å². The van der Waals surface area contributed by atoms with E-state index in [1.54, 1.807) is 4.90 Å². The van der Waals surface area contributed by atoms with E-state index >= 15 is 0 Å². The molecule has 2 aliphatic heterocycles. The van der Waals surface area contributed by atoms with Gasteiger partial charge in [-0.25, -0.2) is 0 Å². The molecule has 1 atom stereocenters. The van der Waals surface area contributed by atoms with Gasteiger partial charge in [-0.2, -0.15) is 13.2 Å². The van der Waals surface area contributed by atoms with Gasteiger partial charge in [-0.05, 0) is 25.0 Å². The third-order valence-electron chi connectivity index (χ3n) is 4.70. The number of rotatable bonds is 2. The lowest BCUT2D eigenvalue weighted by molar-refractivity contribution is -0.138. The van der Waals surface area contributed by atoms with Crippen molar-refractivity contribution in [2.75, 3.05) is 39.4 Å². The highest BCUT2D eigenvalue weighted by molar-refractivity contribution is 5.96. The summed E-state index contributed by atoms with van der Waals surface area (Å²) in [6, 6.07) is 5.38. The minimum absolute atomic E-state index is 0.261. The van der Waals surface area contributed by atoms with Gasteiger partial charge in [0.15, 0.2) is 0 Å². The van der Waals surface area contributed by atoms with Gasteiger partial charge in [-0.15, -0.1) is 0 Å². The van der Waals surface area contributed by atoms with E-state index in [0.29, 0.717) is 32.3 Å². The summed E-state index contributed by atoms with van der Waals surface area (Å²) < 4.78 is 44.8. The molecule has 3 rings (SSSR count). The van der Waals surface area contributed by atoms with Gasteiger partial charge in [0.2, 0.25) is 0 Å². The van der Waals surface area contributed by atoms with Crippen molar-refractivity contribution >= 4 is 5.91 Å². The molecule has 0 radical (unpaired) electrons. The van der Waals surface area contributed by atoms with Crippen LogP contribution in [0, 0.1) is 0 Å². The fourth-order valence-corrected chi connectivity index (χ4v) is 3.40. The molecule has 4 nitrogen and oxygen atoms in total. The Labute approximate surface area is 139 Å². The predicted octanol–water partition coefficient (Wildman–Crippen LogP) is 2.64. The normalized spacial score (nSPS) is 23.3. The Morgan fingerprint density at radius 3 is 2.62 bits per heavy atom. The SMILES string of the molecule is O=C(c1ccccc1C(F)(F)F)N1CCCN(C2CCOC2)CC1. The maximum absolute atomic E-state index is 13.1. The van der Waals surface area contributed by atoms with E-state index < -0.39 is 17.6 Å². The molecule has 0 aromatic heterocycles. The average molecular weight is 342 g/mol. The second-order valence-electron chi connectivity index (χ2n) is 6.24. The average Bonchev–Trinajstić information content (AvgIpc) is 2.98. The van der Waals surface area contributed by atoms with Crippen LogP contribution in [0.5, 0.6) is 0 Å². The Morgan fingerprint density at radius 1 is 1.12 bits per heavy atom. The van der Waals surface area contributed by atoms with Crippen LogP contribution in [0.3, 0.4) is 0 Å².